The molecule has 0 aliphatic rings. The predicted octanol–water partition coefficient (Wildman–Crippen LogP) is 1.39. The normalized spacial score (nSPS) is 14.7. The van der Waals surface area contributed by atoms with Crippen LogP contribution in [0.15, 0.2) is 0 Å². The lowest BCUT2D eigenvalue weighted by Gasteiger charge is -2.19. The average molecular weight is 201 g/mol. The Hall–Kier alpha value is -1.06. The lowest BCUT2D eigenvalue weighted by Crippen LogP contribution is -2.34. The van der Waals surface area contributed by atoms with E-state index in [0.29, 0.717) is 12.8 Å². The Morgan fingerprint density at radius 3 is 1.86 bits per heavy atom. The van der Waals surface area contributed by atoms with Gasteiger partial charge in [-0.05, 0) is 12.8 Å². The van der Waals surface area contributed by atoms with Crippen LogP contribution in [0.2, 0.25) is 0 Å². The molecular formula is C10H19NO3. The number of primary amides is 1. The minimum atomic E-state index is -0.913. The monoisotopic (exact) mass is 201 g/mol. The first-order chi connectivity index (χ1) is 6.54. The van der Waals surface area contributed by atoms with Gasteiger partial charge in [-0.15, -0.1) is 0 Å². The molecular weight excluding hydrogens is 182 g/mol. The third-order valence-corrected chi connectivity index (χ3v) is 2.37. The number of carboxylic acids is 1. The Kier molecular flexibility index (Phi) is 5.92. The van der Waals surface area contributed by atoms with Crippen LogP contribution in [0.5, 0.6) is 0 Å². The van der Waals surface area contributed by atoms with Gasteiger partial charge in [-0.1, -0.05) is 26.7 Å². The Balaban J connectivity index is 4.54. The zero-order valence-corrected chi connectivity index (χ0v) is 8.82. The lowest BCUT2D eigenvalue weighted by atomic mass is 9.85. The minimum Gasteiger partial charge on any atom is -0.481 e. The highest BCUT2D eigenvalue weighted by Crippen LogP contribution is 2.22. The van der Waals surface area contributed by atoms with E-state index in [4.69, 9.17) is 10.8 Å². The molecule has 2 unspecified atom stereocenters. The Bertz CT molecular complexity index is 182. The molecule has 0 aromatic heterocycles. The first-order valence-corrected chi connectivity index (χ1v) is 5.06. The first-order valence-electron chi connectivity index (χ1n) is 5.06. The van der Waals surface area contributed by atoms with E-state index < -0.39 is 23.7 Å². The van der Waals surface area contributed by atoms with Crippen molar-refractivity contribution in [2.24, 2.45) is 17.6 Å². The first kappa shape index (κ1) is 12.9. The number of nitrogens with two attached hydrogens (primary N) is 1. The zero-order valence-electron chi connectivity index (χ0n) is 8.82. The van der Waals surface area contributed by atoms with Crippen molar-refractivity contribution >= 4 is 11.9 Å². The molecule has 0 radical (unpaired) electrons. The number of rotatable bonds is 7. The van der Waals surface area contributed by atoms with Gasteiger partial charge in [0.1, 0.15) is 0 Å². The fourth-order valence-corrected chi connectivity index (χ4v) is 1.66. The molecule has 0 saturated carbocycles. The quantitative estimate of drug-likeness (QED) is 0.653. The number of hydrogen-bond acceptors (Lipinski definition) is 2. The maximum Gasteiger partial charge on any atom is 0.307 e. The summed E-state index contributed by atoms with van der Waals surface area (Å²) in [6.45, 7) is 3.82. The van der Waals surface area contributed by atoms with E-state index in [2.05, 4.69) is 0 Å². The predicted molar refractivity (Wildman–Crippen MR) is 53.6 cm³/mol. The summed E-state index contributed by atoms with van der Waals surface area (Å²) >= 11 is 0. The van der Waals surface area contributed by atoms with Gasteiger partial charge in [-0.25, -0.2) is 0 Å². The van der Waals surface area contributed by atoms with Crippen molar-refractivity contribution in [3.05, 3.63) is 0 Å². The van der Waals surface area contributed by atoms with Gasteiger partial charge < -0.3 is 10.8 Å². The molecule has 0 aliphatic carbocycles. The van der Waals surface area contributed by atoms with Crippen LogP contribution in [-0.2, 0) is 9.59 Å². The van der Waals surface area contributed by atoms with Crippen LogP contribution in [0, 0.1) is 11.8 Å². The average Bonchev–Trinajstić information content (AvgIpc) is 2.10. The molecule has 3 N–H and O–H groups in total. The van der Waals surface area contributed by atoms with Gasteiger partial charge >= 0.3 is 5.97 Å². The summed E-state index contributed by atoms with van der Waals surface area (Å²) in [6.07, 6.45) is 2.61. The van der Waals surface area contributed by atoms with E-state index in [-0.39, 0.29) is 0 Å². The topological polar surface area (TPSA) is 80.4 Å². The summed E-state index contributed by atoms with van der Waals surface area (Å²) in [4.78, 5) is 22.0. The van der Waals surface area contributed by atoms with Gasteiger partial charge in [0, 0.05) is 0 Å². The molecule has 2 atom stereocenters. The van der Waals surface area contributed by atoms with E-state index in [1.54, 1.807) is 0 Å². The van der Waals surface area contributed by atoms with Crippen molar-refractivity contribution in [2.75, 3.05) is 0 Å². The molecule has 14 heavy (non-hydrogen) atoms. The molecule has 0 bridgehead atoms. The summed E-state index contributed by atoms with van der Waals surface area (Å²) in [5.74, 6) is -2.54. The van der Waals surface area contributed by atoms with Gasteiger partial charge in [0.2, 0.25) is 5.91 Å². The Morgan fingerprint density at radius 1 is 1.14 bits per heavy atom. The Morgan fingerprint density at radius 2 is 1.57 bits per heavy atom. The standard InChI is InChI=1S/C10H19NO3/c1-3-5-7(9(11)12)8(6-4-2)10(13)14/h7-8H,3-6H2,1-2H3,(H2,11,12)(H,13,14). The van der Waals surface area contributed by atoms with E-state index in [9.17, 15) is 9.59 Å². The van der Waals surface area contributed by atoms with E-state index in [1.807, 2.05) is 13.8 Å². The van der Waals surface area contributed by atoms with Gasteiger partial charge in [0.05, 0.1) is 11.8 Å². The number of carboxylic acid groups (broad SMARTS) is 1. The zero-order chi connectivity index (χ0) is 11.1. The molecule has 4 heteroatoms. The smallest absolute Gasteiger partial charge is 0.307 e. The largest absolute Gasteiger partial charge is 0.481 e. The third-order valence-electron chi connectivity index (χ3n) is 2.37. The minimum absolute atomic E-state index is 0.493. The van der Waals surface area contributed by atoms with Gasteiger partial charge in [-0.3, -0.25) is 9.59 Å². The van der Waals surface area contributed by atoms with Gasteiger partial charge in [0.15, 0.2) is 0 Å². The van der Waals surface area contributed by atoms with Crippen molar-refractivity contribution in [3.63, 3.8) is 0 Å². The lowest BCUT2D eigenvalue weighted by molar-refractivity contribution is -0.147. The van der Waals surface area contributed by atoms with Crippen LogP contribution in [-0.4, -0.2) is 17.0 Å². The van der Waals surface area contributed by atoms with Crippen LogP contribution in [0.25, 0.3) is 0 Å². The summed E-state index contributed by atoms with van der Waals surface area (Å²) in [7, 11) is 0. The van der Waals surface area contributed by atoms with Crippen LogP contribution < -0.4 is 5.73 Å². The SMILES string of the molecule is CCCC(C(N)=O)C(CCC)C(=O)O. The van der Waals surface area contributed by atoms with Gasteiger partial charge in [-0.2, -0.15) is 0 Å². The van der Waals surface area contributed by atoms with Crippen molar-refractivity contribution in [1.82, 2.24) is 0 Å². The van der Waals surface area contributed by atoms with E-state index >= 15 is 0 Å². The molecule has 0 saturated heterocycles. The summed E-state index contributed by atoms with van der Waals surface area (Å²) < 4.78 is 0. The fraction of sp³-hybridized carbons (Fsp3) is 0.800. The number of amides is 1. The summed E-state index contributed by atoms with van der Waals surface area (Å²) in [5, 5.41) is 8.94. The summed E-state index contributed by atoms with van der Waals surface area (Å²) in [5.41, 5.74) is 5.19. The molecule has 0 aromatic carbocycles. The van der Waals surface area contributed by atoms with Crippen molar-refractivity contribution in [2.45, 2.75) is 39.5 Å². The molecule has 0 heterocycles. The number of carbonyl (C=O) groups is 2. The molecule has 0 spiro atoms. The summed E-state index contributed by atoms with van der Waals surface area (Å²) in [6, 6.07) is 0. The van der Waals surface area contributed by atoms with E-state index in [0.717, 1.165) is 12.8 Å². The van der Waals surface area contributed by atoms with Crippen molar-refractivity contribution < 1.29 is 14.7 Å². The molecule has 0 rings (SSSR count). The highest BCUT2D eigenvalue weighted by Gasteiger charge is 2.30. The maximum atomic E-state index is 11.1. The highest BCUT2D eigenvalue weighted by molar-refractivity contribution is 5.83. The second-order valence-corrected chi connectivity index (χ2v) is 3.53. The molecule has 1 amide bonds. The second-order valence-electron chi connectivity index (χ2n) is 3.53. The van der Waals surface area contributed by atoms with Crippen LogP contribution in [0.1, 0.15) is 39.5 Å². The molecule has 4 nitrogen and oxygen atoms in total. The fourth-order valence-electron chi connectivity index (χ4n) is 1.66. The van der Waals surface area contributed by atoms with Gasteiger partial charge in [0.25, 0.3) is 0 Å². The Labute approximate surface area is 84.5 Å². The van der Waals surface area contributed by atoms with Crippen molar-refractivity contribution in [1.29, 1.82) is 0 Å². The number of hydrogen-bond donors (Lipinski definition) is 2. The van der Waals surface area contributed by atoms with Crippen molar-refractivity contribution in [3.8, 4) is 0 Å². The molecule has 0 fully saturated rings. The van der Waals surface area contributed by atoms with Crippen LogP contribution in [0.3, 0.4) is 0 Å². The maximum absolute atomic E-state index is 11.1. The molecule has 0 aliphatic heterocycles. The highest BCUT2D eigenvalue weighted by atomic mass is 16.4. The van der Waals surface area contributed by atoms with Crippen LogP contribution >= 0.6 is 0 Å². The second kappa shape index (κ2) is 6.40. The molecule has 82 valence electrons. The number of carbonyl (C=O) groups excluding carboxylic acids is 1. The third kappa shape index (κ3) is 3.77. The molecule has 0 aromatic rings. The van der Waals surface area contributed by atoms with Crippen LogP contribution in [0.4, 0.5) is 0 Å². The van der Waals surface area contributed by atoms with E-state index in [1.165, 1.54) is 0 Å². The number of aliphatic carboxylic acids is 1.